The predicted molar refractivity (Wildman–Crippen MR) is 63.9 cm³/mol. The van der Waals surface area contributed by atoms with Crippen molar-refractivity contribution in [2.75, 3.05) is 39.3 Å². The quantitative estimate of drug-likeness (QED) is 0.686. The summed E-state index contributed by atoms with van der Waals surface area (Å²) in [4.78, 5) is 5.32. The fraction of sp³-hybridized carbons (Fsp3) is 1.00. The smallest absolute Gasteiger partial charge is 0.0235 e. The van der Waals surface area contributed by atoms with Crippen LogP contribution in [0.3, 0.4) is 0 Å². The molecule has 0 radical (unpaired) electrons. The fourth-order valence-corrected chi connectivity index (χ4v) is 2.90. The topological polar surface area (TPSA) is 32.5 Å². The molecule has 0 aromatic rings. The molecule has 2 saturated heterocycles. The van der Waals surface area contributed by atoms with E-state index in [2.05, 4.69) is 9.80 Å². The highest BCUT2D eigenvalue weighted by Gasteiger charge is 2.28. The van der Waals surface area contributed by atoms with Crippen molar-refractivity contribution in [3.05, 3.63) is 0 Å². The fourth-order valence-electron chi connectivity index (χ4n) is 2.90. The van der Waals surface area contributed by atoms with Gasteiger partial charge in [-0.1, -0.05) is 0 Å². The lowest BCUT2D eigenvalue weighted by molar-refractivity contribution is 0.231. The Labute approximate surface area is 93.6 Å². The monoisotopic (exact) mass is 211 g/mol. The normalized spacial score (nSPS) is 29.0. The van der Waals surface area contributed by atoms with E-state index in [1.807, 2.05) is 0 Å². The van der Waals surface area contributed by atoms with Gasteiger partial charge >= 0.3 is 0 Å². The maximum atomic E-state index is 5.51. The van der Waals surface area contributed by atoms with Crippen molar-refractivity contribution in [2.45, 2.75) is 38.1 Å². The van der Waals surface area contributed by atoms with Crippen LogP contribution in [0.4, 0.5) is 0 Å². The molecule has 2 aliphatic rings. The van der Waals surface area contributed by atoms with Gasteiger partial charge in [-0.2, -0.15) is 0 Å². The Bertz CT molecular complexity index is 178. The van der Waals surface area contributed by atoms with Gasteiger partial charge in [-0.25, -0.2) is 0 Å². The maximum absolute atomic E-state index is 5.51. The largest absolute Gasteiger partial charge is 0.330 e. The minimum absolute atomic E-state index is 0.851. The predicted octanol–water partition coefficient (Wildman–Crippen LogP) is 0.895. The molecule has 0 amide bonds. The third-order valence-electron chi connectivity index (χ3n) is 3.83. The van der Waals surface area contributed by atoms with Gasteiger partial charge in [-0.3, -0.25) is 4.90 Å². The lowest BCUT2D eigenvalue weighted by atomic mass is 10.2. The number of likely N-dealkylation sites (tertiary alicyclic amines) is 2. The number of hydrogen-bond acceptors (Lipinski definition) is 3. The van der Waals surface area contributed by atoms with Crippen molar-refractivity contribution in [3.8, 4) is 0 Å². The molecule has 2 heterocycles. The molecule has 0 aromatic carbocycles. The minimum atomic E-state index is 0.851. The molecule has 3 nitrogen and oxygen atoms in total. The molecule has 2 rings (SSSR count). The second-order valence-corrected chi connectivity index (χ2v) is 4.98. The Hall–Kier alpha value is -0.120. The molecular weight excluding hydrogens is 186 g/mol. The highest BCUT2D eigenvalue weighted by molar-refractivity contribution is 4.85. The van der Waals surface area contributed by atoms with Gasteiger partial charge in [0.2, 0.25) is 0 Å². The molecule has 88 valence electrons. The summed E-state index contributed by atoms with van der Waals surface area (Å²) in [6.45, 7) is 7.43. The van der Waals surface area contributed by atoms with Crippen molar-refractivity contribution >= 4 is 0 Å². The van der Waals surface area contributed by atoms with Crippen molar-refractivity contribution in [1.82, 2.24) is 9.80 Å². The van der Waals surface area contributed by atoms with Crippen molar-refractivity contribution < 1.29 is 0 Å². The third-order valence-corrected chi connectivity index (χ3v) is 3.83. The zero-order valence-electron chi connectivity index (χ0n) is 9.83. The minimum Gasteiger partial charge on any atom is -0.330 e. The lowest BCUT2D eigenvalue weighted by Gasteiger charge is -2.23. The van der Waals surface area contributed by atoms with E-state index in [0.717, 1.165) is 12.6 Å². The van der Waals surface area contributed by atoms with Gasteiger partial charge in [0.15, 0.2) is 0 Å². The summed E-state index contributed by atoms with van der Waals surface area (Å²) < 4.78 is 0. The van der Waals surface area contributed by atoms with E-state index >= 15 is 0 Å². The number of nitrogens with zero attached hydrogens (tertiary/aromatic N) is 2. The van der Waals surface area contributed by atoms with E-state index in [1.54, 1.807) is 0 Å². The van der Waals surface area contributed by atoms with Crippen LogP contribution in [0.2, 0.25) is 0 Å². The van der Waals surface area contributed by atoms with Gasteiger partial charge < -0.3 is 10.6 Å². The first kappa shape index (κ1) is 11.4. The van der Waals surface area contributed by atoms with Crippen LogP contribution >= 0.6 is 0 Å². The van der Waals surface area contributed by atoms with Crippen molar-refractivity contribution in [2.24, 2.45) is 5.73 Å². The zero-order chi connectivity index (χ0) is 10.5. The SMILES string of the molecule is NCCCCN1CCC(N2CCCC2)C1. The summed E-state index contributed by atoms with van der Waals surface area (Å²) in [6.07, 6.45) is 6.70. The summed E-state index contributed by atoms with van der Waals surface area (Å²) in [5.74, 6) is 0. The van der Waals surface area contributed by atoms with Crippen LogP contribution in [0.15, 0.2) is 0 Å². The zero-order valence-corrected chi connectivity index (χ0v) is 9.83. The first-order chi connectivity index (χ1) is 7.40. The summed E-state index contributed by atoms with van der Waals surface area (Å²) in [7, 11) is 0. The van der Waals surface area contributed by atoms with Crippen molar-refractivity contribution in [1.29, 1.82) is 0 Å². The summed E-state index contributed by atoms with van der Waals surface area (Å²) in [5.41, 5.74) is 5.51. The second-order valence-electron chi connectivity index (χ2n) is 4.98. The number of hydrogen-bond donors (Lipinski definition) is 1. The van der Waals surface area contributed by atoms with Crippen LogP contribution in [0, 0.1) is 0 Å². The molecule has 2 aliphatic heterocycles. The van der Waals surface area contributed by atoms with E-state index in [0.29, 0.717) is 0 Å². The molecule has 0 aliphatic carbocycles. The van der Waals surface area contributed by atoms with Crippen LogP contribution in [0.25, 0.3) is 0 Å². The van der Waals surface area contributed by atoms with Gasteiger partial charge in [0.05, 0.1) is 0 Å². The molecule has 0 aromatic heterocycles. The number of rotatable bonds is 5. The Balaban J connectivity index is 1.65. The van der Waals surface area contributed by atoms with E-state index in [-0.39, 0.29) is 0 Å². The molecule has 3 heteroatoms. The van der Waals surface area contributed by atoms with Crippen LogP contribution in [-0.2, 0) is 0 Å². The molecule has 15 heavy (non-hydrogen) atoms. The number of unbranched alkanes of at least 4 members (excludes halogenated alkanes) is 1. The average molecular weight is 211 g/mol. The molecular formula is C12H25N3. The van der Waals surface area contributed by atoms with E-state index in [1.165, 1.54) is 64.8 Å². The Morgan fingerprint density at radius 3 is 2.60 bits per heavy atom. The van der Waals surface area contributed by atoms with Crippen LogP contribution in [-0.4, -0.2) is 55.1 Å². The molecule has 0 saturated carbocycles. The van der Waals surface area contributed by atoms with Crippen molar-refractivity contribution in [3.63, 3.8) is 0 Å². The Morgan fingerprint density at radius 1 is 1.07 bits per heavy atom. The Kier molecular flexibility index (Phi) is 4.42. The van der Waals surface area contributed by atoms with E-state index in [4.69, 9.17) is 5.73 Å². The highest BCUT2D eigenvalue weighted by atomic mass is 15.3. The highest BCUT2D eigenvalue weighted by Crippen LogP contribution is 2.20. The van der Waals surface area contributed by atoms with Gasteiger partial charge in [0.1, 0.15) is 0 Å². The number of nitrogens with two attached hydrogens (primary N) is 1. The average Bonchev–Trinajstić information content (AvgIpc) is 2.87. The van der Waals surface area contributed by atoms with Gasteiger partial charge in [-0.15, -0.1) is 0 Å². The standard InChI is InChI=1S/C12H25N3/c13-6-1-2-7-14-10-5-12(11-14)15-8-3-4-9-15/h12H,1-11,13H2. The van der Waals surface area contributed by atoms with E-state index in [9.17, 15) is 0 Å². The summed E-state index contributed by atoms with van der Waals surface area (Å²) in [5, 5.41) is 0. The lowest BCUT2D eigenvalue weighted by Crippen LogP contribution is -2.35. The van der Waals surface area contributed by atoms with Gasteiger partial charge in [0, 0.05) is 12.6 Å². The molecule has 2 N–H and O–H groups in total. The van der Waals surface area contributed by atoms with Gasteiger partial charge in [0.25, 0.3) is 0 Å². The molecule has 2 fully saturated rings. The molecule has 0 bridgehead atoms. The summed E-state index contributed by atoms with van der Waals surface area (Å²) in [6, 6.07) is 0.866. The molecule has 0 spiro atoms. The van der Waals surface area contributed by atoms with E-state index < -0.39 is 0 Å². The Morgan fingerprint density at radius 2 is 1.87 bits per heavy atom. The summed E-state index contributed by atoms with van der Waals surface area (Å²) >= 11 is 0. The van der Waals surface area contributed by atoms with Crippen LogP contribution < -0.4 is 5.73 Å². The van der Waals surface area contributed by atoms with Gasteiger partial charge in [-0.05, 0) is 64.8 Å². The molecule has 1 atom stereocenters. The first-order valence-electron chi connectivity index (χ1n) is 6.56. The second kappa shape index (κ2) is 5.83. The maximum Gasteiger partial charge on any atom is 0.0235 e. The third kappa shape index (κ3) is 3.16. The molecule has 1 unspecified atom stereocenters. The van der Waals surface area contributed by atoms with Crippen LogP contribution in [0.1, 0.15) is 32.1 Å². The van der Waals surface area contributed by atoms with Crippen LogP contribution in [0.5, 0.6) is 0 Å². The first-order valence-corrected chi connectivity index (χ1v) is 6.56.